The molecule has 1 aliphatic carbocycles. The maximum atomic E-state index is 12.5. The third-order valence-electron chi connectivity index (χ3n) is 4.07. The molecule has 1 saturated heterocycles. The lowest BCUT2D eigenvalue weighted by Gasteiger charge is -2.32. The number of hydrogen-bond donors (Lipinski definition) is 1. The monoisotopic (exact) mass is 270 g/mol. The van der Waals surface area contributed by atoms with Gasteiger partial charge in [-0.1, -0.05) is 0 Å². The molecule has 0 bridgehead atoms. The second-order valence-corrected chi connectivity index (χ2v) is 5.59. The van der Waals surface area contributed by atoms with E-state index in [1.54, 1.807) is 7.11 Å². The van der Waals surface area contributed by atoms with E-state index in [0.29, 0.717) is 38.1 Å². The first-order chi connectivity index (χ1) is 9.22. The highest BCUT2D eigenvalue weighted by Crippen LogP contribution is 2.35. The van der Waals surface area contributed by atoms with Crippen molar-refractivity contribution in [1.29, 1.82) is 0 Å². The maximum Gasteiger partial charge on any atom is 0.224 e. The fourth-order valence-electron chi connectivity index (χ4n) is 2.66. The molecule has 0 aromatic rings. The Kier molecular flexibility index (Phi) is 5.60. The van der Waals surface area contributed by atoms with Crippen LogP contribution in [0.4, 0.5) is 0 Å². The zero-order valence-corrected chi connectivity index (χ0v) is 12.1. The molecule has 110 valence electrons. The Morgan fingerprint density at radius 2 is 2.32 bits per heavy atom. The zero-order chi connectivity index (χ0) is 13.7. The van der Waals surface area contributed by atoms with Crippen molar-refractivity contribution in [2.45, 2.75) is 38.3 Å². The Balaban J connectivity index is 1.85. The first kappa shape index (κ1) is 14.8. The van der Waals surface area contributed by atoms with Gasteiger partial charge in [-0.3, -0.25) is 4.79 Å². The summed E-state index contributed by atoms with van der Waals surface area (Å²) in [5.74, 6) is 0.913. The van der Waals surface area contributed by atoms with Crippen LogP contribution >= 0.6 is 0 Å². The lowest BCUT2D eigenvalue weighted by atomic mass is 10.1. The second kappa shape index (κ2) is 7.22. The fourth-order valence-corrected chi connectivity index (χ4v) is 2.66. The third-order valence-corrected chi connectivity index (χ3v) is 4.07. The summed E-state index contributed by atoms with van der Waals surface area (Å²) in [6.07, 6.45) is 3.03. The van der Waals surface area contributed by atoms with E-state index in [9.17, 15) is 4.79 Å². The molecule has 1 N–H and O–H groups in total. The smallest absolute Gasteiger partial charge is 0.224 e. The number of morpholine rings is 1. The lowest BCUT2D eigenvalue weighted by Crippen LogP contribution is -2.48. The Hall–Kier alpha value is -0.650. The molecule has 0 aromatic carbocycles. The molecular weight excluding hydrogens is 244 g/mol. The molecular formula is C14H26N2O3. The van der Waals surface area contributed by atoms with Crippen molar-refractivity contribution < 1.29 is 14.3 Å². The summed E-state index contributed by atoms with van der Waals surface area (Å²) >= 11 is 0. The second-order valence-electron chi connectivity index (χ2n) is 5.59. The topological polar surface area (TPSA) is 50.8 Å². The predicted molar refractivity (Wildman–Crippen MR) is 73.0 cm³/mol. The minimum absolute atomic E-state index is 0.165. The van der Waals surface area contributed by atoms with E-state index in [1.807, 2.05) is 4.90 Å². The number of rotatable bonds is 7. The average Bonchev–Trinajstić information content (AvgIpc) is 3.24. The fraction of sp³-hybridized carbons (Fsp3) is 0.929. The lowest BCUT2D eigenvalue weighted by molar-refractivity contribution is -0.135. The van der Waals surface area contributed by atoms with Crippen molar-refractivity contribution in [1.82, 2.24) is 10.2 Å². The predicted octanol–water partition coefficient (Wildman–Crippen LogP) is 0.638. The first-order valence-corrected chi connectivity index (χ1v) is 7.32. The van der Waals surface area contributed by atoms with E-state index in [1.165, 1.54) is 12.8 Å². The van der Waals surface area contributed by atoms with E-state index < -0.39 is 0 Å². The molecule has 1 saturated carbocycles. The van der Waals surface area contributed by atoms with Crippen LogP contribution in [-0.2, 0) is 14.3 Å². The van der Waals surface area contributed by atoms with Gasteiger partial charge < -0.3 is 19.7 Å². The first-order valence-electron chi connectivity index (χ1n) is 7.32. The van der Waals surface area contributed by atoms with Crippen molar-refractivity contribution in [2.24, 2.45) is 5.92 Å². The molecule has 2 fully saturated rings. The molecule has 0 spiro atoms. The Labute approximate surface area is 115 Å². The summed E-state index contributed by atoms with van der Waals surface area (Å²) in [6.45, 7) is 5.69. The number of nitrogens with one attached hydrogen (secondary N) is 1. The minimum atomic E-state index is 0.165. The highest BCUT2D eigenvalue weighted by molar-refractivity contribution is 5.77. The van der Waals surface area contributed by atoms with Gasteiger partial charge in [0.2, 0.25) is 5.91 Å². The SMILES string of the molecule is COCCN(C(=O)CC1COCCN1)C(C)C1CC1. The summed E-state index contributed by atoms with van der Waals surface area (Å²) in [7, 11) is 1.68. The van der Waals surface area contributed by atoms with Crippen molar-refractivity contribution in [3.05, 3.63) is 0 Å². The molecule has 2 aliphatic rings. The molecule has 0 aromatic heterocycles. The van der Waals surface area contributed by atoms with Crippen LogP contribution in [0.1, 0.15) is 26.2 Å². The molecule has 5 heteroatoms. The number of carbonyl (C=O) groups is 1. The van der Waals surface area contributed by atoms with E-state index in [4.69, 9.17) is 9.47 Å². The van der Waals surface area contributed by atoms with Gasteiger partial charge in [0, 0.05) is 38.7 Å². The van der Waals surface area contributed by atoms with Crippen molar-refractivity contribution >= 4 is 5.91 Å². The molecule has 1 aliphatic heterocycles. The summed E-state index contributed by atoms with van der Waals surface area (Å²) in [4.78, 5) is 14.5. The van der Waals surface area contributed by atoms with Crippen LogP contribution in [0.5, 0.6) is 0 Å². The van der Waals surface area contributed by atoms with Crippen LogP contribution in [0.25, 0.3) is 0 Å². The van der Waals surface area contributed by atoms with E-state index in [2.05, 4.69) is 12.2 Å². The van der Waals surface area contributed by atoms with Gasteiger partial charge in [0.15, 0.2) is 0 Å². The highest BCUT2D eigenvalue weighted by atomic mass is 16.5. The molecule has 1 amide bonds. The molecule has 2 atom stereocenters. The molecule has 1 heterocycles. The number of ether oxygens (including phenoxy) is 2. The highest BCUT2D eigenvalue weighted by Gasteiger charge is 2.34. The van der Waals surface area contributed by atoms with Gasteiger partial charge >= 0.3 is 0 Å². The van der Waals surface area contributed by atoms with E-state index in [-0.39, 0.29) is 11.9 Å². The number of nitrogens with zero attached hydrogens (tertiary/aromatic N) is 1. The van der Waals surface area contributed by atoms with E-state index >= 15 is 0 Å². The Morgan fingerprint density at radius 3 is 2.89 bits per heavy atom. The number of amides is 1. The normalized spacial score (nSPS) is 25.1. The average molecular weight is 270 g/mol. The summed E-state index contributed by atoms with van der Waals surface area (Å²) in [5, 5.41) is 3.34. The van der Waals surface area contributed by atoms with Crippen molar-refractivity contribution in [3.63, 3.8) is 0 Å². The Morgan fingerprint density at radius 1 is 1.53 bits per heavy atom. The molecule has 2 rings (SSSR count). The largest absolute Gasteiger partial charge is 0.383 e. The van der Waals surface area contributed by atoms with Crippen LogP contribution in [0.15, 0.2) is 0 Å². The van der Waals surface area contributed by atoms with Crippen LogP contribution in [0, 0.1) is 5.92 Å². The quantitative estimate of drug-likeness (QED) is 0.737. The van der Waals surface area contributed by atoms with Crippen LogP contribution in [0.3, 0.4) is 0 Å². The van der Waals surface area contributed by atoms with Crippen LogP contribution in [0.2, 0.25) is 0 Å². The number of methoxy groups -OCH3 is 1. The van der Waals surface area contributed by atoms with Gasteiger partial charge in [-0.2, -0.15) is 0 Å². The van der Waals surface area contributed by atoms with Gasteiger partial charge in [-0.15, -0.1) is 0 Å². The number of hydrogen-bond acceptors (Lipinski definition) is 4. The zero-order valence-electron chi connectivity index (χ0n) is 12.1. The van der Waals surface area contributed by atoms with Crippen molar-refractivity contribution in [3.8, 4) is 0 Å². The van der Waals surface area contributed by atoms with E-state index in [0.717, 1.165) is 13.2 Å². The molecule has 5 nitrogen and oxygen atoms in total. The van der Waals surface area contributed by atoms with Gasteiger partial charge in [-0.25, -0.2) is 0 Å². The van der Waals surface area contributed by atoms with Crippen LogP contribution in [-0.4, -0.2) is 62.9 Å². The molecule has 0 radical (unpaired) electrons. The maximum absolute atomic E-state index is 12.5. The standard InChI is InChI=1S/C14H26N2O3/c1-11(12-3-4-12)16(6-8-18-2)14(17)9-13-10-19-7-5-15-13/h11-13,15H,3-10H2,1-2H3. The third kappa shape index (κ3) is 4.44. The van der Waals surface area contributed by atoms with Gasteiger partial charge in [0.1, 0.15) is 0 Å². The van der Waals surface area contributed by atoms with Crippen molar-refractivity contribution in [2.75, 3.05) is 40.0 Å². The Bertz CT molecular complexity index is 288. The minimum Gasteiger partial charge on any atom is -0.383 e. The van der Waals surface area contributed by atoms with Crippen LogP contribution < -0.4 is 5.32 Å². The molecule has 19 heavy (non-hydrogen) atoms. The van der Waals surface area contributed by atoms with Gasteiger partial charge in [0.05, 0.1) is 19.8 Å². The molecule has 2 unspecified atom stereocenters. The number of carbonyl (C=O) groups excluding carboxylic acids is 1. The summed E-state index contributed by atoms with van der Waals surface area (Å²) < 4.78 is 10.5. The van der Waals surface area contributed by atoms with Gasteiger partial charge in [0.25, 0.3) is 0 Å². The summed E-state index contributed by atoms with van der Waals surface area (Å²) in [6, 6.07) is 0.504. The summed E-state index contributed by atoms with van der Waals surface area (Å²) in [5.41, 5.74) is 0. The van der Waals surface area contributed by atoms with Gasteiger partial charge in [-0.05, 0) is 25.7 Å².